The third-order valence-corrected chi connectivity index (χ3v) is 6.39. The number of hydrogen-bond acceptors (Lipinski definition) is 8. The molecule has 1 aromatic rings. The second-order valence-corrected chi connectivity index (χ2v) is 10.3. The van der Waals surface area contributed by atoms with Crippen LogP contribution in [0.2, 0.25) is 0 Å². The monoisotopic (exact) mass is 489 g/mol. The Balaban J connectivity index is 2.02. The zero-order valence-electron chi connectivity index (χ0n) is 18.6. The molecule has 0 radical (unpaired) electrons. The first-order valence-corrected chi connectivity index (χ1v) is 12.2. The van der Waals surface area contributed by atoms with E-state index in [4.69, 9.17) is 9.66 Å². The van der Waals surface area contributed by atoms with E-state index in [1.165, 1.54) is 0 Å². The molecule has 0 bridgehead atoms. The number of rotatable bonds is 12. The molecule has 2 rings (SSSR count). The van der Waals surface area contributed by atoms with Crippen LogP contribution in [0.3, 0.4) is 0 Å². The lowest BCUT2D eigenvalue weighted by molar-refractivity contribution is -0.434. The number of amides is 1. The van der Waals surface area contributed by atoms with E-state index in [-0.39, 0.29) is 12.3 Å². The summed E-state index contributed by atoms with van der Waals surface area (Å²) in [5, 5.41) is 50.1. The van der Waals surface area contributed by atoms with E-state index in [1.54, 1.807) is 18.2 Å². The lowest BCUT2D eigenvalue weighted by Crippen LogP contribution is -2.49. The second kappa shape index (κ2) is 11.0. The normalized spacial score (nSPS) is 18.7. The van der Waals surface area contributed by atoms with Gasteiger partial charge in [-0.1, -0.05) is 0 Å². The maximum Gasteiger partial charge on any atom is 0.264 e. The van der Waals surface area contributed by atoms with Crippen LogP contribution in [0.5, 0.6) is 0 Å². The van der Waals surface area contributed by atoms with Crippen molar-refractivity contribution in [2.75, 3.05) is 25.4 Å². The Labute approximate surface area is 192 Å². The van der Waals surface area contributed by atoms with E-state index in [2.05, 4.69) is 5.32 Å². The minimum absolute atomic E-state index is 0.299. The van der Waals surface area contributed by atoms with E-state index in [1.807, 2.05) is 24.6 Å². The van der Waals surface area contributed by atoms with E-state index >= 15 is 0 Å². The van der Waals surface area contributed by atoms with Gasteiger partial charge in [0.25, 0.3) is 16.0 Å². The van der Waals surface area contributed by atoms with Crippen molar-refractivity contribution in [2.24, 2.45) is 0 Å². The summed E-state index contributed by atoms with van der Waals surface area (Å²) in [5.74, 6) is -0.809. The van der Waals surface area contributed by atoms with Crippen molar-refractivity contribution >= 4 is 27.9 Å². The van der Waals surface area contributed by atoms with Crippen molar-refractivity contribution in [2.45, 2.75) is 56.5 Å². The number of unbranched alkanes of at least 4 members (excludes halogenated alkanes) is 1. The zero-order chi connectivity index (χ0) is 25.0. The molecule has 0 saturated heterocycles. The van der Waals surface area contributed by atoms with Crippen molar-refractivity contribution in [3.63, 3.8) is 0 Å². The zero-order valence-corrected chi connectivity index (χ0v) is 19.4. The predicted octanol–water partition coefficient (Wildman–Crippen LogP) is -1.47. The number of carbonyl (C=O) groups excluding carboxylic acids is 1. The smallest absolute Gasteiger partial charge is 0.264 e. The van der Waals surface area contributed by atoms with E-state index in [0.29, 0.717) is 24.9 Å². The minimum Gasteiger partial charge on any atom is -0.394 e. The van der Waals surface area contributed by atoms with Crippen LogP contribution in [0, 0.1) is 0 Å². The molecule has 0 fully saturated rings. The number of aliphatic hydroxyl groups excluding tert-OH is 5. The highest BCUT2D eigenvalue weighted by atomic mass is 32.2. The summed E-state index contributed by atoms with van der Waals surface area (Å²) in [7, 11) is -3.99. The number of benzene rings is 1. The van der Waals surface area contributed by atoms with Gasteiger partial charge in [0.2, 0.25) is 5.69 Å². The standard InChI is InChI=1S/C21H32N2O9S/c1-21(2)12-23(7-3-4-8-33(30,31)32)15-6-5-13(9-14(15)21)20(29)22-10-16(25)18(27)19(28)17(26)11-24/h5-6,9,12,16-19,24-28H,3-4,7-8,10-11H2,1-2H3,(H-,22,29,30,31,32)/p+1/t16-,17?,18+,19+/m0/s1. The SMILES string of the molecule is CC1(C)C=[N+](CCCCS(=O)(=O)O)c2ccc(C(=O)NC[C@H](O)[C@@H](O)[C@H](O)C(O)CO)cc21. The van der Waals surface area contributed by atoms with Gasteiger partial charge in [0.05, 0.1) is 23.9 Å². The number of nitrogens with one attached hydrogen (secondary N) is 1. The Morgan fingerprint density at radius 1 is 1.09 bits per heavy atom. The summed E-state index contributed by atoms with van der Waals surface area (Å²) in [6.07, 6.45) is -3.89. The molecular formula is C21H33N2O9S+. The van der Waals surface area contributed by atoms with Gasteiger partial charge in [-0.3, -0.25) is 9.35 Å². The van der Waals surface area contributed by atoms with Crippen molar-refractivity contribution in [1.29, 1.82) is 0 Å². The van der Waals surface area contributed by atoms with Gasteiger partial charge in [0.15, 0.2) is 6.21 Å². The van der Waals surface area contributed by atoms with Crippen LogP contribution in [0.15, 0.2) is 18.2 Å². The molecular weight excluding hydrogens is 456 g/mol. The number of hydrogen-bond donors (Lipinski definition) is 7. The number of fused-ring (bicyclic) bond motifs is 1. The Morgan fingerprint density at radius 2 is 1.73 bits per heavy atom. The summed E-state index contributed by atoms with van der Waals surface area (Å²) >= 11 is 0. The van der Waals surface area contributed by atoms with Gasteiger partial charge in [-0.2, -0.15) is 8.42 Å². The molecule has 0 spiro atoms. The molecule has 0 saturated carbocycles. The van der Waals surface area contributed by atoms with Crippen LogP contribution in [0.1, 0.15) is 42.6 Å². The third kappa shape index (κ3) is 7.27. The van der Waals surface area contributed by atoms with Crippen molar-refractivity contribution < 1.29 is 47.9 Å². The topological polar surface area (TPSA) is 188 Å². The van der Waals surface area contributed by atoms with Crippen LogP contribution in [0.25, 0.3) is 0 Å². The molecule has 0 aliphatic carbocycles. The highest BCUT2D eigenvalue weighted by Crippen LogP contribution is 2.36. The average molecular weight is 490 g/mol. The summed E-state index contributed by atoms with van der Waals surface area (Å²) in [6, 6.07) is 5.08. The summed E-state index contributed by atoms with van der Waals surface area (Å²) in [5.41, 5.74) is 1.68. The largest absolute Gasteiger partial charge is 0.394 e. The maximum absolute atomic E-state index is 12.6. The molecule has 7 N–H and O–H groups in total. The van der Waals surface area contributed by atoms with Crippen LogP contribution in [-0.4, -0.2) is 105 Å². The van der Waals surface area contributed by atoms with Gasteiger partial charge in [-0.15, -0.1) is 0 Å². The van der Waals surface area contributed by atoms with Gasteiger partial charge in [0, 0.05) is 30.2 Å². The van der Waals surface area contributed by atoms with Gasteiger partial charge >= 0.3 is 0 Å². The fourth-order valence-corrected chi connectivity index (χ4v) is 4.28. The van der Waals surface area contributed by atoms with Crippen molar-refractivity contribution in [3.8, 4) is 0 Å². The Kier molecular flexibility index (Phi) is 9.10. The molecule has 1 aliphatic heterocycles. The third-order valence-electron chi connectivity index (χ3n) is 5.59. The number of nitrogens with zero attached hydrogens (tertiary/aromatic N) is 1. The highest BCUT2D eigenvalue weighted by molar-refractivity contribution is 7.85. The summed E-state index contributed by atoms with van der Waals surface area (Å²) < 4.78 is 32.6. The molecule has 1 amide bonds. The number of carbonyl (C=O) groups is 1. The lowest BCUT2D eigenvalue weighted by atomic mass is 9.86. The van der Waals surface area contributed by atoms with Crippen LogP contribution in [0.4, 0.5) is 5.69 Å². The molecule has 1 heterocycles. The highest BCUT2D eigenvalue weighted by Gasteiger charge is 2.37. The maximum atomic E-state index is 12.6. The molecule has 12 heteroatoms. The molecule has 1 aromatic carbocycles. The van der Waals surface area contributed by atoms with E-state index < -0.39 is 52.5 Å². The van der Waals surface area contributed by atoms with Crippen LogP contribution in [-0.2, 0) is 15.5 Å². The first-order chi connectivity index (χ1) is 15.3. The van der Waals surface area contributed by atoms with Crippen LogP contribution >= 0.6 is 0 Å². The molecule has 4 atom stereocenters. The summed E-state index contributed by atoms with van der Waals surface area (Å²) in [6.45, 7) is 3.31. The molecule has 1 aliphatic rings. The number of aliphatic hydroxyl groups is 5. The van der Waals surface area contributed by atoms with Gasteiger partial charge in [-0.05, 0) is 32.4 Å². The van der Waals surface area contributed by atoms with Crippen LogP contribution < -0.4 is 5.32 Å². The summed E-state index contributed by atoms with van der Waals surface area (Å²) in [4.78, 5) is 12.6. The Morgan fingerprint density at radius 3 is 2.33 bits per heavy atom. The Bertz CT molecular complexity index is 978. The second-order valence-electron chi connectivity index (χ2n) is 8.78. The first kappa shape index (κ1) is 27.3. The minimum atomic E-state index is -3.99. The quantitative estimate of drug-likeness (QED) is 0.104. The van der Waals surface area contributed by atoms with Gasteiger partial charge in [-0.25, -0.2) is 4.58 Å². The Hall–Kier alpha value is -1.93. The molecule has 186 valence electrons. The van der Waals surface area contributed by atoms with Gasteiger partial charge in [0.1, 0.15) is 24.9 Å². The lowest BCUT2D eigenvalue weighted by Gasteiger charge is -2.25. The molecule has 1 unspecified atom stereocenters. The average Bonchev–Trinajstić information content (AvgIpc) is 3.01. The van der Waals surface area contributed by atoms with E-state index in [0.717, 1.165) is 11.3 Å². The fourth-order valence-electron chi connectivity index (χ4n) is 3.71. The molecule has 0 aromatic heterocycles. The first-order valence-electron chi connectivity index (χ1n) is 10.6. The fraction of sp³-hybridized carbons (Fsp3) is 0.619. The predicted molar refractivity (Wildman–Crippen MR) is 119 cm³/mol. The molecule has 11 nitrogen and oxygen atoms in total. The van der Waals surface area contributed by atoms with Gasteiger partial charge < -0.3 is 30.8 Å². The molecule has 33 heavy (non-hydrogen) atoms. The van der Waals surface area contributed by atoms with Crippen molar-refractivity contribution in [1.82, 2.24) is 5.32 Å². The van der Waals surface area contributed by atoms with Crippen molar-refractivity contribution in [3.05, 3.63) is 29.3 Å². The van der Waals surface area contributed by atoms with E-state index in [9.17, 15) is 33.6 Å².